The van der Waals surface area contributed by atoms with Gasteiger partial charge in [0.15, 0.2) is 0 Å². The summed E-state index contributed by atoms with van der Waals surface area (Å²) in [6.07, 6.45) is 1.33. The molecule has 0 fully saturated rings. The minimum Gasteiger partial charge on any atom is -0.493 e. The van der Waals surface area contributed by atoms with E-state index in [1.807, 2.05) is 32.9 Å². The average molecular weight is 279 g/mol. The van der Waals surface area contributed by atoms with E-state index in [4.69, 9.17) is 9.84 Å². The van der Waals surface area contributed by atoms with Crippen LogP contribution in [0.15, 0.2) is 18.2 Å². The van der Waals surface area contributed by atoms with Crippen molar-refractivity contribution in [1.29, 1.82) is 0 Å². The van der Waals surface area contributed by atoms with Crippen molar-refractivity contribution in [2.24, 2.45) is 0 Å². The Labute approximate surface area is 121 Å². The number of carboxylic acid groups (broad SMARTS) is 1. The van der Waals surface area contributed by atoms with Gasteiger partial charge < -0.3 is 15.2 Å². The van der Waals surface area contributed by atoms with Crippen LogP contribution in [-0.4, -0.2) is 29.8 Å². The summed E-state index contributed by atoms with van der Waals surface area (Å²) in [5, 5.41) is 12.2. The van der Waals surface area contributed by atoms with Gasteiger partial charge in [0, 0.05) is 0 Å². The van der Waals surface area contributed by atoms with Gasteiger partial charge >= 0.3 is 5.97 Å². The summed E-state index contributed by atoms with van der Waals surface area (Å²) in [5.41, 5.74) is 1.44. The van der Waals surface area contributed by atoms with Crippen molar-refractivity contribution in [1.82, 2.24) is 5.32 Å². The third-order valence-electron chi connectivity index (χ3n) is 3.62. The minimum atomic E-state index is -0.848. The number of nitrogens with one attached hydrogen (secondary N) is 1. The second-order valence-electron chi connectivity index (χ2n) is 5.39. The number of carbonyl (C=O) groups is 1. The van der Waals surface area contributed by atoms with Gasteiger partial charge in [0.05, 0.1) is 6.61 Å². The molecular formula is C16H25NO3. The van der Waals surface area contributed by atoms with Crippen molar-refractivity contribution in [3.8, 4) is 5.75 Å². The Morgan fingerprint density at radius 1 is 1.40 bits per heavy atom. The molecule has 0 bridgehead atoms. The Morgan fingerprint density at radius 2 is 2.10 bits per heavy atom. The zero-order valence-electron chi connectivity index (χ0n) is 12.8. The smallest absolute Gasteiger partial charge is 0.323 e. The fourth-order valence-corrected chi connectivity index (χ4v) is 1.83. The fourth-order valence-electron chi connectivity index (χ4n) is 1.83. The van der Waals surface area contributed by atoms with E-state index >= 15 is 0 Å². The second-order valence-corrected chi connectivity index (χ2v) is 5.39. The van der Waals surface area contributed by atoms with Gasteiger partial charge in [-0.25, -0.2) is 0 Å². The first-order chi connectivity index (χ1) is 9.39. The van der Waals surface area contributed by atoms with Crippen LogP contribution in [0.25, 0.3) is 0 Å². The van der Waals surface area contributed by atoms with Gasteiger partial charge in [-0.2, -0.15) is 0 Å². The first-order valence-corrected chi connectivity index (χ1v) is 7.07. The van der Waals surface area contributed by atoms with Gasteiger partial charge in [-0.1, -0.05) is 19.1 Å². The monoisotopic (exact) mass is 279 g/mol. The molecule has 1 unspecified atom stereocenters. The Bertz CT molecular complexity index is 459. The highest BCUT2D eigenvalue weighted by Crippen LogP contribution is 2.19. The quantitative estimate of drug-likeness (QED) is 0.718. The fraction of sp³-hybridized carbons (Fsp3) is 0.562. The standard InChI is InChI=1S/C16H25NO3/c1-5-16(4,15(18)19)17-9-6-10-20-14-11-12(2)7-8-13(14)3/h7-8,11,17H,5-6,9-10H2,1-4H3,(H,18,19). The van der Waals surface area contributed by atoms with Crippen molar-refractivity contribution in [3.63, 3.8) is 0 Å². The van der Waals surface area contributed by atoms with Crippen LogP contribution in [0.1, 0.15) is 37.8 Å². The van der Waals surface area contributed by atoms with Crippen LogP contribution in [-0.2, 0) is 4.79 Å². The van der Waals surface area contributed by atoms with Crippen LogP contribution in [0.4, 0.5) is 0 Å². The van der Waals surface area contributed by atoms with Crippen molar-refractivity contribution in [2.75, 3.05) is 13.2 Å². The van der Waals surface area contributed by atoms with E-state index in [9.17, 15) is 4.79 Å². The number of rotatable bonds is 8. The zero-order valence-corrected chi connectivity index (χ0v) is 12.8. The lowest BCUT2D eigenvalue weighted by molar-refractivity contribution is -0.144. The Kier molecular flexibility index (Phi) is 6.02. The summed E-state index contributed by atoms with van der Waals surface area (Å²) in [5.74, 6) is 0.0944. The molecule has 4 nitrogen and oxygen atoms in total. The maximum Gasteiger partial charge on any atom is 0.323 e. The number of hydrogen-bond donors (Lipinski definition) is 2. The lowest BCUT2D eigenvalue weighted by atomic mass is 9.99. The summed E-state index contributed by atoms with van der Waals surface area (Å²) in [7, 11) is 0. The highest BCUT2D eigenvalue weighted by atomic mass is 16.5. The molecule has 4 heteroatoms. The number of hydrogen-bond acceptors (Lipinski definition) is 3. The third-order valence-corrected chi connectivity index (χ3v) is 3.62. The Hall–Kier alpha value is -1.55. The number of benzene rings is 1. The van der Waals surface area contributed by atoms with Crippen molar-refractivity contribution in [3.05, 3.63) is 29.3 Å². The first kappa shape index (κ1) is 16.5. The van der Waals surface area contributed by atoms with E-state index in [-0.39, 0.29) is 0 Å². The topological polar surface area (TPSA) is 58.6 Å². The van der Waals surface area contributed by atoms with Gasteiger partial charge in [-0.3, -0.25) is 4.79 Å². The maximum atomic E-state index is 11.1. The predicted octanol–water partition coefficient (Wildman–Crippen LogP) is 2.92. The molecule has 0 aliphatic carbocycles. The molecule has 1 aromatic rings. The van der Waals surface area contributed by atoms with E-state index in [1.165, 1.54) is 5.56 Å². The largest absolute Gasteiger partial charge is 0.493 e. The summed E-state index contributed by atoms with van der Waals surface area (Å²) in [6.45, 7) is 8.84. The summed E-state index contributed by atoms with van der Waals surface area (Å²) in [4.78, 5) is 11.1. The molecule has 0 radical (unpaired) electrons. The van der Waals surface area contributed by atoms with E-state index in [0.29, 0.717) is 19.6 Å². The lowest BCUT2D eigenvalue weighted by Gasteiger charge is -2.24. The van der Waals surface area contributed by atoms with Crippen LogP contribution in [0.5, 0.6) is 5.75 Å². The molecule has 1 atom stereocenters. The molecule has 20 heavy (non-hydrogen) atoms. The van der Waals surface area contributed by atoms with Crippen LogP contribution in [0, 0.1) is 13.8 Å². The molecule has 0 heterocycles. The summed E-state index contributed by atoms with van der Waals surface area (Å²) in [6, 6.07) is 6.13. The van der Waals surface area contributed by atoms with E-state index in [2.05, 4.69) is 11.4 Å². The van der Waals surface area contributed by atoms with Gasteiger partial charge in [0.25, 0.3) is 0 Å². The van der Waals surface area contributed by atoms with Crippen molar-refractivity contribution < 1.29 is 14.6 Å². The molecule has 0 aromatic heterocycles. The summed E-state index contributed by atoms with van der Waals surface area (Å²) >= 11 is 0. The SMILES string of the molecule is CCC(C)(NCCCOc1cc(C)ccc1C)C(=O)O. The van der Waals surface area contributed by atoms with Gasteiger partial charge in [0.1, 0.15) is 11.3 Å². The molecule has 2 N–H and O–H groups in total. The molecule has 0 saturated carbocycles. The highest BCUT2D eigenvalue weighted by Gasteiger charge is 2.29. The van der Waals surface area contributed by atoms with Gasteiger partial charge in [-0.05, 0) is 57.4 Å². The molecule has 1 rings (SSSR count). The zero-order chi connectivity index (χ0) is 15.2. The number of aryl methyl sites for hydroxylation is 2. The first-order valence-electron chi connectivity index (χ1n) is 7.07. The Morgan fingerprint density at radius 3 is 2.70 bits per heavy atom. The van der Waals surface area contributed by atoms with Crippen LogP contribution in [0.2, 0.25) is 0 Å². The van der Waals surface area contributed by atoms with E-state index in [0.717, 1.165) is 17.7 Å². The van der Waals surface area contributed by atoms with Crippen LogP contribution in [0.3, 0.4) is 0 Å². The predicted molar refractivity (Wildman–Crippen MR) is 80.4 cm³/mol. The molecule has 1 aromatic carbocycles. The second kappa shape index (κ2) is 7.29. The summed E-state index contributed by atoms with van der Waals surface area (Å²) < 4.78 is 5.74. The maximum absolute atomic E-state index is 11.1. The van der Waals surface area contributed by atoms with Crippen LogP contribution >= 0.6 is 0 Å². The van der Waals surface area contributed by atoms with Crippen LogP contribution < -0.4 is 10.1 Å². The average Bonchev–Trinajstić information content (AvgIpc) is 2.41. The third kappa shape index (κ3) is 4.53. The minimum absolute atomic E-state index is 0.556. The number of carboxylic acids is 1. The van der Waals surface area contributed by atoms with Gasteiger partial charge in [-0.15, -0.1) is 0 Å². The van der Waals surface area contributed by atoms with Gasteiger partial charge in [0.2, 0.25) is 0 Å². The molecule has 0 spiro atoms. The molecule has 0 saturated heterocycles. The molecule has 112 valence electrons. The molecule has 0 amide bonds. The highest BCUT2D eigenvalue weighted by molar-refractivity contribution is 5.78. The molecular weight excluding hydrogens is 254 g/mol. The van der Waals surface area contributed by atoms with Crippen molar-refractivity contribution >= 4 is 5.97 Å². The Balaban J connectivity index is 2.35. The number of ether oxygens (including phenoxy) is 1. The normalized spacial score (nSPS) is 13.8. The van der Waals surface area contributed by atoms with Crippen molar-refractivity contribution in [2.45, 2.75) is 46.1 Å². The molecule has 0 aliphatic heterocycles. The number of aliphatic carboxylic acids is 1. The van der Waals surface area contributed by atoms with E-state index in [1.54, 1.807) is 6.92 Å². The lowest BCUT2D eigenvalue weighted by Crippen LogP contribution is -2.49. The molecule has 0 aliphatic rings. The van der Waals surface area contributed by atoms with E-state index < -0.39 is 11.5 Å².